The lowest BCUT2D eigenvalue weighted by atomic mass is 10.2. The van der Waals surface area contributed by atoms with Crippen molar-refractivity contribution >= 4 is 18.3 Å². The summed E-state index contributed by atoms with van der Waals surface area (Å²) in [5.41, 5.74) is 1.15. The molecule has 1 aliphatic heterocycles. The van der Waals surface area contributed by atoms with Gasteiger partial charge in [0.05, 0.1) is 6.26 Å². The van der Waals surface area contributed by atoms with E-state index >= 15 is 0 Å². The second kappa shape index (κ2) is 5.90. The second-order valence-corrected chi connectivity index (χ2v) is 4.19. The lowest BCUT2D eigenvalue weighted by Gasteiger charge is -2.26. The molecule has 1 amide bonds. The molecule has 0 spiro atoms. The molecule has 19 heavy (non-hydrogen) atoms. The maximum absolute atomic E-state index is 12.2. The van der Waals surface area contributed by atoms with Crippen LogP contribution in [0.4, 0.5) is 0 Å². The van der Waals surface area contributed by atoms with Gasteiger partial charge in [0, 0.05) is 32.2 Å². The quantitative estimate of drug-likeness (QED) is 0.866. The van der Waals surface area contributed by atoms with Gasteiger partial charge in [0.25, 0.3) is 5.91 Å². The van der Waals surface area contributed by atoms with Crippen molar-refractivity contribution in [3.05, 3.63) is 30.2 Å². The van der Waals surface area contributed by atoms with Gasteiger partial charge in [0.2, 0.25) is 0 Å². The Morgan fingerprint density at radius 3 is 2.84 bits per heavy atom. The fraction of sp³-hybridized carbons (Fsp3) is 0.333. The molecule has 3 rings (SSSR count). The first-order valence-corrected chi connectivity index (χ1v) is 5.94. The molecule has 0 bridgehead atoms. The first-order chi connectivity index (χ1) is 8.84. The molecule has 0 atom stereocenters. The fourth-order valence-electron chi connectivity index (χ4n) is 2.02. The summed E-state index contributed by atoms with van der Waals surface area (Å²) in [4.78, 5) is 14.0. The van der Waals surface area contributed by atoms with E-state index in [1.54, 1.807) is 23.3 Å². The Bertz CT molecular complexity index is 532. The zero-order chi connectivity index (χ0) is 12.4. The molecule has 0 saturated carbocycles. The lowest BCUT2D eigenvalue weighted by Crippen LogP contribution is -2.46. The molecule has 1 saturated heterocycles. The number of halogens is 1. The van der Waals surface area contributed by atoms with Gasteiger partial charge in [-0.2, -0.15) is 5.10 Å². The van der Waals surface area contributed by atoms with Gasteiger partial charge in [-0.05, 0) is 12.1 Å². The van der Waals surface area contributed by atoms with E-state index in [0.29, 0.717) is 11.5 Å². The van der Waals surface area contributed by atoms with E-state index in [0.717, 1.165) is 31.9 Å². The number of nitrogens with one attached hydrogen (secondary N) is 2. The number of aromatic amines is 1. The SMILES string of the molecule is Cl.O=C(c1cc(-c2ccco2)[nH]n1)N1CCNCC1. The van der Waals surface area contributed by atoms with Crippen molar-refractivity contribution in [2.45, 2.75) is 0 Å². The third kappa shape index (κ3) is 2.80. The molecule has 3 heterocycles. The zero-order valence-corrected chi connectivity index (χ0v) is 11.1. The number of hydrogen-bond acceptors (Lipinski definition) is 4. The highest BCUT2D eigenvalue weighted by atomic mass is 35.5. The van der Waals surface area contributed by atoms with Gasteiger partial charge in [-0.3, -0.25) is 9.89 Å². The third-order valence-corrected chi connectivity index (χ3v) is 2.99. The van der Waals surface area contributed by atoms with Crippen LogP contribution in [0.2, 0.25) is 0 Å². The number of piperazine rings is 1. The third-order valence-electron chi connectivity index (χ3n) is 2.99. The minimum absolute atomic E-state index is 0. The number of furan rings is 1. The summed E-state index contributed by atoms with van der Waals surface area (Å²) >= 11 is 0. The first-order valence-electron chi connectivity index (χ1n) is 5.94. The van der Waals surface area contributed by atoms with Crippen molar-refractivity contribution in [1.82, 2.24) is 20.4 Å². The van der Waals surface area contributed by atoms with Crippen LogP contribution in [0.1, 0.15) is 10.5 Å². The number of rotatable bonds is 2. The molecule has 1 aliphatic rings. The highest BCUT2D eigenvalue weighted by Gasteiger charge is 2.20. The largest absolute Gasteiger partial charge is 0.463 e. The summed E-state index contributed by atoms with van der Waals surface area (Å²) in [5.74, 6) is 0.646. The predicted octanol–water partition coefficient (Wildman–Crippen LogP) is 1.14. The van der Waals surface area contributed by atoms with Crippen LogP contribution in [0, 0.1) is 0 Å². The van der Waals surface area contributed by atoms with E-state index in [9.17, 15) is 4.79 Å². The van der Waals surface area contributed by atoms with Gasteiger partial charge in [-0.25, -0.2) is 0 Å². The molecule has 7 heteroatoms. The zero-order valence-electron chi connectivity index (χ0n) is 10.3. The summed E-state index contributed by atoms with van der Waals surface area (Å²) in [6.45, 7) is 3.12. The Morgan fingerprint density at radius 2 is 2.16 bits per heavy atom. The molecule has 6 nitrogen and oxygen atoms in total. The molecular weight excluding hydrogens is 268 g/mol. The molecule has 0 unspecified atom stereocenters. The number of nitrogens with zero attached hydrogens (tertiary/aromatic N) is 2. The second-order valence-electron chi connectivity index (χ2n) is 4.19. The number of amides is 1. The smallest absolute Gasteiger partial charge is 0.274 e. The highest BCUT2D eigenvalue weighted by Crippen LogP contribution is 2.18. The molecule has 1 fully saturated rings. The minimum Gasteiger partial charge on any atom is -0.463 e. The average Bonchev–Trinajstić information content (AvgIpc) is 3.09. The van der Waals surface area contributed by atoms with Crippen LogP contribution < -0.4 is 5.32 Å². The van der Waals surface area contributed by atoms with E-state index in [4.69, 9.17) is 4.42 Å². The molecule has 0 radical (unpaired) electrons. The Morgan fingerprint density at radius 1 is 1.37 bits per heavy atom. The van der Waals surface area contributed by atoms with Crippen LogP contribution in [-0.2, 0) is 0 Å². The Hall–Kier alpha value is -1.79. The maximum atomic E-state index is 12.2. The Kier molecular flexibility index (Phi) is 4.24. The predicted molar refractivity (Wildman–Crippen MR) is 72.3 cm³/mol. The van der Waals surface area contributed by atoms with Crippen molar-refractivity contribution in [2.75, 3.05) is 26.2 Å². The normalized spacial score (nSPS) is 15.1. The topological polar surface area (TPSA) is 74.2 Å². The Labute approximate surface area is 116 Å². The van der Waals surface area contributed by atoms with Gasteiger partial charge in [0.1, 0.15) is 5.69 Å². The van der Waals surface area contributed by atoms with E-state index < -0.39 is 0 Å². The molecule has 0 aromatic carbocycles. The Balaban J connectivity index is 0.00000133. The van der Waals surface area contributed by atoms with Gasteiger partial charge in [-0.1, -0.05) is 0 Å². The summed E-state index contributed by atoms with van der Waals surface area (Å²) in [6.07, 6.45) is 1.59. The van der Waals surface area contributed by atoms with Gasteiger partial charge in [0.15, 0.2) is 11.5 Å². The number of hydrogen-bond donors (Lipinski definition) is 2. The number of carbonyl (C=O) groups excluding carboxylic acids is 1. The van der Waals surface area contributed by atoms with Crippen molar-refractivity contribution < 1.29 is 9.21 Å². The van der Waals surface area contributed by atoms with E-state index in [2.05, 4.69) is 15.5 Å². The van der Waals surface area contributed by atoms with Gasteiger partial charge >= 0.3 is 0 Å². The lowest BCUT2D eigenvalue weighted by molar-refractivity contribution is 0.0730. The van der Waals surface area contributed by atoms with Crippen molar-refractivity contribution in [3.8, 4) is 11.5 Å². The highest BCUT2D eigenvalue weighted by molar-refractivity contribution is 5.93. The number of H-pyrrole nitrogens is 1. The first kappa shape index (κ1) is 13.6. The summed E-state index contributed by atoms with van der Waals surface area (Å²) in [6, 6.07) is 5.35. The van der Waals surface area contributed by atoms with Crippen LogP contribution in [0.5, 0.6) is 0 Å². The summed E-state index contributed by atoms with van der Waals surface area (Å²) < 4.78 is 5.25. The maximum Gasteiger partial charge on any atom is 0.274 e. The average molecular weight is 283 g/mol. The molecule has 2 aromatic rings. The summed E-state index contributed by atoms with van der Waals surface area (Å²) in [5, 5.41) is 10.1. The van der Waals surface area contributed by atoms with Crippen LogP contribution >= 0.6 is 12.4 Å². The fourth-order valence-corrected chi connectivity index (χ4v) is 2.02. The standard InChI is InChI=1S/C12H14N4O2.ClH/c17-12(16-5-3-13-4-6-16)10-8-9(14-15-10)11-2-1-7-18-11;/h1-2,7-8,13H,3-6H2,(H,14,15);1H. The van der Waals surface area contributed by atoms with Crippen LogP contribution in [0.25, 0.3) is 11.5 Å². The van der Waals surface area contributed by atoms with E-state index in [1.165, 1.54) is 0 Å². The molecule has 2 N–H and O–H groups in total. The van der Waals surface area contributed by atoms with Crippen molar-refractivity contribution in [2.24, 2.45) is 0 Å². The number of carbonyl (C=O) groups is 1. The molecule has 2 aromatic heterocycles. The van der Waals surface area contributed by atoms with Gasteiger partial charge < -0.3 is 14.6 Å². The van der Waals surface area contributed by atoms with Crippen LogP contribution in [0.15, 0.2) is 28.9 Å². The molecular formula is C12H15ClN4O2. The minimum atomic E-state index is -0.0365. The van der Waals surface area contributed by atoms with E-state index in [-0.39, 0.29) is 18.3 Å². The molecule has 0 aliphatic carbocycles. The van der Waals surface area contributed by atoms with E-state index in [1.807, 2.05) is 6.07 Å². The summed E-state index contributed by atoms with van der Waals surface area (Å²) in [7, 11) is 0. The van der Waals surface area contributed by atoms with Crippen LogP contribution in [-0.4, -0.2) is 47.2 Å². The molecule has 102 valence electrons. The van der Waals surface area contributed by atoms with Crippen molar-refractivity contribution in [3.63, 3.8) is 0 Å². The van der Waals surface area contributed by atoms with Crippen molar-refractivity contribution in [1.29, 1.82) is 0 Å². The monoisotopic (exact) mass is 282 g/mol. The van der Waals surface area contributed by atoms with Crippen LogP contribution in [0.3, 0.4) is 0 Å². The number of aromatic nitrogens is 2. The van der Waals surface area contributed by atoms with Gasteiger partial charge in [-0.15, -0.1) is 12.4 Å².